The van der Waals surface area contributed by atoms with Crippen molar-refractivity contribution in [2.24, 2.45) is 0 Å². The molecule has 3 rings (SSSR count). The maximum atomic E-state index is 12.3. The molecule has 2 aromatic carbocycles. The second-order valence-electron chi connectivity index (χ2n) is 6.69. The summed E-state index contributed by atoms with van der Waals surface area (Å²) in [6, 6.07) is 12.2. The zero-order valence-corrected chi connectivity index (χ0v) is 15.3. The van der Waals surface area contributed by atoms with Gasteiger partial charge in [0.25, 0.3) is 0 Å². The first-order chi connectivity index (χ1) is 12.5. The van der Waals surface area contributed by atoms with Crippen molar-refractivity contribution in [1.29, 1.82) is 0 Å². The van der Waals surface area contributed by atoms with Crippen LogP contribution in [-0.2, 0) is 4.74 Å². The van der Waals surface area contributed by atoms with Gasteiger partial charge in [-0.2, -0.15) is 0 Å². The van der Waals surface area contributed by atoms with Gasteiger partial charge in [0, 0.05) is 5.56 Å². The van der Waals surface area contributed by atoms with Gasteiger partial charge in [-0.05, 0) is 42.5 Å². The van der Waals surface area contributed by atoms with Gasteiger partial charge in [0.1, 0.15) is 0 Å². The summed E-state index contributed by atoms with van der Waals surface area (Å²) < 4.78 is 5.10. The van der Waals surface area contributed by atoms with Gasteiger partial charge in [-0.1, -0.05) is 55.1 Å². The lowest BCUT2D eigenvalue weighted by atomic mass is 9.84. The number of nitrogens with two attached hydrogens (primary N) is 1. The monoisotopic (exact) mass is 371 g/mol. The smallest absolute Gasteiger partial charge is 0.338 e. The number of carbonyl (C=O) groups is 2. The minimum Gasteiger partial charge on any atom is -0.454 e. The van der Waals surface area contributed by atoms with Crippen molar-refractivity contribution in [2.75, 3.05) is 12.3 Å². The van der Waals surface area contributed by atoms with Gasteiger partial charge in [0.15, 0.2) is 12.4 Å². The normalized spacial score (nSPS) is 14.8. The van der Waals surface area contributed by atoms with Crippen LogP contribution in [0.25, 0.3) is 0 Å². The Morgan fingerprint density at radius 3 is 2.31 bits per heavy atom. The highest BCUT2D eigenvalue weighted by Crippen LogP contribution is 2.32. The zero-order valence-electron chi connectivity index (χ0n) is 14.5. The Balaban J connectivity index is 1.57. The molecule has 1 saturated carbocycles. The number of hydrogen-bond donors (Lipinski definition) is 1. The Labute approximate surface area is 158 Å². The fraction of sp³-hybridized carbons (Fsp3) is 0.333. The average Bonchev–Trinajstić information content (AvgIpc) is 2.68. The zero-order chi connectivity index (χ0) is 18.5. The van der Waals surface area contributed by atoms with Gasteiger partial charge < -0.3 is 10.5 Å². The molecule has 0 unspecified atom stereocenters. The van der Waals surface area contributed by atoms with Crippen molar-refractivity contribution >= 4 is 29.0 Å². The van der Waals surface area contributed by atoms with Crippen molar-refractivity contribution in [2.45, 2.75) is 38.0 Å². The summed E-state index contributed by atoms with van der Waals surface area (Å²) in [7, 11) is 0. The molecule has 1 aliphatic rings. The standard InChI is InChI=1S/C21H22ClNO3/c22-18-11-10-17(12-19(18)23)21(25)26-13-20(24)16-8-6-15(7-9-16)14-4-2-1-3-5-14/h6-12,14H,1-5,13,23H2. The summed E-state index contributed by atoms with van der Waals surface area (Å²) in [4.78, 5) is 24.3. The topological polar surface area (TPSA) is 69.4 Å². The molecule has 0 bridgehead atoms. The maximum Gasteiger partial charge on any atom is 0.338 e. The molecule has 1 fully saturated rings. The van der Waals surface area contributed by atoms with Crippen LogP contribution >= 0.6 is 11.6 Å². The number of carbonyl (C=O) groups excluding carboxylic acids is 2. The van der Waals surface area contributed by atoms with E-state index < -0.39 is 5.97 Å². The molecule has 26 heavy (non-hydrogen) atoms. The largest absolute Gasteiger partial charge is 0.454 e. The lowest BCUT2D eigenvalue weighted by Gasteiger charge is -2.22. The molecule has 4 nitrogen and oxygen atoms in total. The van der Waals surface area contributed by atoms with E-state index in [-0.39, 0.29) is 18.0 Å². The quantitative estimate of drug-likeness (QED) is 0.455. The Kier molecular flexibility index (Phi) is 5.94. The van der Waals surface area contributed by atoms with Gasteiger partial charge in [0.05, 0.1) is 16.3 Å². The van der Waals surface area contributed by atoms with E-state index in [0.717, 1.165) is 0 Å². The van der Waals surface area contributed by atoms with E-state index in [0.29, 0.717) is 22.2 Å². The van der Waals surface area contributed by atoms with E-state index in [9.17, 15) is 9.59 Å². The number of anilines is 1. The Morgan fingerprint density at radius 1 is 1.00 bits per heavy atom. The van der Waals surface area contributed by atoms with Gasteiger partial charge in [-0.3, -0.25) is 4.79 Å². The first-order valence-electron chi connectivity index (χ1n) is 8.90. The molecule has 0 atom stereocenters. The molecule has 0 aliphatic heterocycles. The van der Waals surface area contributed by atoms with Gasteiger partial charge in [0.2, 0.25) is 0 Å². The summed E-state index contributed by atoms with van der Waals surface area (Å²) in [5, 5.41) is 0.371. The van der Waals surface area contributed by atoms with Crippen LogP contribution in [-0.4, -0.2) is 18.4 Å². The van der Waals surface area contributed by atoms with E-state index >= 15 is 0 Å². The number of rotatable bonds is 5. The molecule has 0 spiro atoms. The van der Waals surface area contributed by atoms with E-state index in [2.05, 4.69) is 0 Å². The third-order valence-corrected chi connectivity index (χ3v) is 5.22. The Bertz CT molecular complexity index is 795. The number of nitrogen functional groups attached to an aromatic ring is 1. The second kappa shape index (κ2) is 8.37. The third kappa shape index (κ3) is 4.44. The Morgan fingerprint density at radius 2 is 1.65 bits per heavy atom. The second-order valence-corrected chi connectivity index (χ2v) is 7.10. The molecule has 1 aliphatic carbocycles. The fourth-order valence-corrected chi connectivity index (χ4v) is 3.46. The van der Waals surface area contributed by atoms with Crippen molar-refractivity contribution in [3.05, 3.63) is 64.2 Å². The van der Waals surface area contributed by atoms with E-state index in [1.165, 1.54) is 55.9 Å². The molecule has 0 radical (unpaired) electrons. The molecular formula is C21H22ClNO3. The Hall–Kier alpha value is -2.33. The number of hydrogen-bond acceptors (Lipinski definition) is 4. The molecule has 2 N–H and O–H groups in total. The molecule has 0 amide bonds. The van der Waals surface area contributed by atoms with Gasteiger partial charge in [-0.15, -0.1) is 0 Å². The highest BCUT2D eigenvalue weighted by molar-refractivity contribution is 6.33. The average molecular weight is 372 g/mol. The van der Waals surface area contributed by atoms with Gasteiger partial charge in [-0.25, -0.2) is 4.79 Å². The van der Waals surface area contributed by atoms with Gasteiger partial charge >= 0.3 is 5.97 Å². The number of ether oxygens (including phenoxy) is 1. The van der Waals surface area contributed by atoms with Crippen LogP contribution in [0.15, 0.2) is 42.5 Å². The first-order valence-corrected chi connectivity index (χ1v) is 9.27. The van der Waals surface area contributed by atoms with Crippen LogP contribution < -0.4 is 5.73 Å². The number of ketones is 1. The predicted molar refractivity (Wildman–Crippen MR) is 103 cm³/mol. The van der Waals surface area contributed by atoms with E-state index in [4.69, 9.17) is 22.1 Å². The number of benzene rings is 2. The van der Waals surface area contributed by atoms with Crippen molar-refractivity contribution in [3.8, 4) is 0 Å². The number of Topliss-reactive ketones (excluding diaryl/α,β-unsaturated/α-hetero) is 1. The molecule has 0 saturated heterocycles. The molecular weight excluding hydrogens is 350 g/mol. The fourth-order valence-electron chi connectivity index (χ4n) is 3.35. The number of esters is 1. The number of halogens is 1. The van der Waals surface area contributed by atoms with Crippen molar-refractivity contribution in [3.63, 3.8) is 0 Å². The summed E-state index contributed by atoms with van der Waals surface area (Å²) in [6.45, 7) is -0.301. The molecule has 0 heterocycles. The van der Waals surface area contributed by atoms with E-state index in [1.807, 2.05) is 24.3 Å². The lowest BCUT2D eigenvalue weighted by Crippen LogP contribution is -2.14. The summed E-state index contributed by atoms with van der Waals surface area (Å²) in [5.41, 5.74) is 8.08. The third-order valence-electron chi connectivity index (χ3n) is 4.88. The molecule has 136 valence electrons. The summed E-state index contributed by atoms with van der Waals surface area (Å²) >= 11 is 5.83. The minimum atomic E-state index is -0.597. The minimum absolute atomic E-state index is 0.226. The molecule has 2 aromatic rings. The summed E-state index contributed by atoms with van der Waals surface area (Å²) in [5.74, 6) is -0.225. The van der Waals surface area contributed by atoms with Crippen LogP contribution in [0.3, 0.4) is 0 Å². The van der Waals surface area contributed by atoms with Crippen LogP contribution in [0.4, 0.5) is 5.69 Å². The maximum absolute atomic E-state index is 12.3. The molecule has 5 heteroatoms. The van der Waals surface area contributed by atoms with E-state index in [1.54, 1.807) is 0 Å². The highest BCUT2D eigenvalue weighted by atomic mass is 35.5. The predicted octanol–water partition coefficient (Wildman–Crippen LogP) is 5.01. The first kappa shape index (κ1) is 18.5. The van der Waals surface area contributed by atoms with Crippen molar-refractivity contribution in [1.82, 2.24) is 0 Å². The summed E-state index contributed by atoms with van der Waals surface area (Å²) in [6.07, 6.45) is 6.30. The highest BCUT2D eigenvalue weighted by Gasteiger charge is 2.17. The lowest BCUT2D eigenvalue weighted by molar-refractivity contribution is 0.0475. The van der Waals surface area contributed by atoms with Crippen molar-refractivity contribution < 1.29 is 14.3 Å². The SMILES string of the molecule is Nc1cc(C(=O)OCC(=O)c2ccc(C3CCCCC3)cc2)ccc1Cl. The van der Waals surface area contributed by atoms with Crippen LogP contribution in [0.5, 0.6) is 0 Å². The van der Waals surface area contributed by atoms with Crippen LogP contribution in [0.1, 0.15) is 64.3 Å². The van der Waals surface area contributed by atoms with Crippen LogP contribution in [0, 0.1) is 0 Å². The molecule has 0 aromatic heterocycles. The van der Waals surface area contributed by atoms with Crippen LogP contribution in [0.2, 0.25) is 5.02 Å².